The second-order valence-electron chi connectivity index (χ2n) is 6.18. The Morgan fingerprint density at radius 1 is 1.07 bits per heavy atom. The third kappa shape index (κ3) is 3.83. The predicted octanol–water partition coefficient (Wildman–Crippen LogP) is 5.13. The number of carbonyl (C=O) groups excluding carboxylic acids is 1. The number of nitrogens with one attached hydrogen (secondary N) is 1. The zero-order chi connectivity index (χ0) is 18.8. The Morgan fingerprint density at radius 3 is 2.70 bits per heavy atom. The average molecular weight is 380 g/mol. The van der Waals surface area contributed by atoms with Crippen LogP contribution in [0.4, 0.5) is 10.1 Å². The van der Waals surface area contributed by atoms with Gasteiger partial charge in [-0.25, -0.2) is 4.39 Å². The van der Waals surface area contributed by atoms with Gasteiger partial charge in [0.15, 0.2) is 0 Å². The molecular weight excluding hydrogens is 365 g/mol. The third-order valence-corrected chi connectivity index (χ3v) is 4.60. The van der Waals surface area contributed by atoms with E-state index in [1.807, 2.05) is 36.4 Å². The third-order valence-electron chi connectivity index (χ3n) is 4.25. The van der Waals surface area contributed by atoms with Gasteiger partial charge in [0, 0.05) is 16.8 Å². The molecule has 0 aliphatic rings. The number of amides is 1. The molecule has 4 nitrogen and oxygen atoms in total. The largest absolute Gasteiger partial charge is 0.319 e. The summed E-state index contributed by atoms with van der Waals surface area (Å²) in [6.07, 6.45) is 3.27. The number of benzene rings is 3. The van der Waals surface area contributed by atoms with E-state index in [0.29, 0.717) is 22.8 Å². The summed E-state index contributed by atoms with van der Waals surface area (Å²) in [5.41, 5.74) is 1.89. The molecule has 0 aliphatic carbocycles. The molecule has 1 amide bonds. The van der Waals surface area contributed by atoms with Crippen molar-refractivity contribution in [3.05, 3.63) is 95.0 Å². The topological polar surface area (TPSA) is 46.9 Å². The normalized spacial score (nSPS) is 10.9. The molecule has 27 heavy (non-hydrogen) atoms. The first-order valence-electron chi connectivity index (χ1n) is 8.35. The second kappa shape index (κ2) is 7.21. The highest BCUT2D eigenvalue weighted by atomic mass is 35.5. The summed E-state index contributed by atoms with van der Waals surface area (Å²) < 4.78 is 14.8. The van der Waals surface area contributed by atoms with Gasteiger partial charge in [-0.1, -0.05) is 48.0 Å². The standard InChI is InChI=1S/C21H15ClFN3O/c22-20-10-18(23)8-7-17(20)12-26-13-19(11-24-26)25-21(27)16-6-5-14-3-1-2-4-15(14)9-16/h1-11,13H,12H2,(H,25,27). The van der Waals surface area contributed by atoms with E-state index in [2.05, 4.69) is 10.4 Å². The number of nitrogens with zero attached hydrogens (tertiary/aromatic N) is 2. The smallest absolute Gasteiger partial charge is 0.255 e. The highest BCUT2D eigenvalue weighted by Gasteiger charge is 2.09. The Bertz CT molecular complexity index is 1140. The minimum atomic E-state index is -0.382. The number of hydrogen-bond acceptors (Lipinski definition) is 2. The van der Waals surface area contributed by atoms with Crippen LogP contribution < -0.4 is 5.32 Å². The van der Waals surface area contributed by atoms with Crippen molar-refractivity contribution in [2.75, 3.05) is 5.32 Å². The van der Waals surface area contributed by atoms with Crippen molar-refractivity contribution in [3.8, 4) is 0 Å². The van der Waals surface area contributed by atoms with E-state index in [4.69, 9.17) is 11.6 Å². The van der Waals surface area contributed by atoms with E-state index in [1.165, 1.54) is 12.1 Å². The Morgan fingerprint density at radius 2 is 1.89 bits per heavy atom. The zero-order valence-corrected chi connectivity index (χ0v) is 14.9. The molecule has 3 aromatic carbocycles. The van der Waals surface area contributed by atoms with E-state index in [-0.39, 0.29) is 11.7 Å². The van der Waals surface area contributed by atoms with Crippen LogP contribution in [0.5, 0.6) is 0 Å². The molecule has 0 unspecified atom stereocenters. The number of rotatable bonds is 4. The Labute approximate surface area is 160 Å². The van der Waals surface area contributed by atoms with Crippen LogP contribution in [0.3, 0.4) is 0 Å². The minimum Gasteiger partial charge on any atom is -0.319 e. The molecule has 134 valence electrons. The molecule has 1 heterocycles. The molecule has 0 aliphatic heterocycles. The molecule has 0 fully saturated rings. The van der Waals surface area contributed by atoms with Crippen molar-refractivity contribution in [2.24, 2.45) is 0 Å². The maximum atomic E-state index is 13.1. The summed E-state index contributed by atoms with van der Waals surface area (Å²) in [6.45, 7) is 0.380. The summed E-state index contributed by atoms with van der Waals surface area (Å²) in [4.78, 5) is 12.5. The van der Waals surface area contributed by atoms with E-state index in [9.17, 15) is 9.18 Å². The molecule has 6 heteroatoms. The van der Waals surface area contributed by atoms with Crippen molar-refractivity contribution < 1.29 is 9.18 Å². The van der Waals surface area contributed by atoms with Crippen LogP contribution in [0.1, 0.15) is 15.9 Å². The Balaban J connectivity index is 1.48. The minimum absolute atomic E-state index is 0.208. The Kier molecular flexibility index (Phi) is 4.60. The van der Waals surface area contributed by atoms with E-state index in [0.717, 1.165) is 16.3 Å². The van der Waals surface area contributed by atoms with Crippen molar-refractivity contribution in [2.45, 2.75) is 6.54 Å². The molecule has 0 spiro atoms. The first kappa shape index (κ1) is 17.2. The molecular formula is C21H15ClFN3O. The Hall–Kier alpha value is -3.18. The fraction of sp³-hybridized carbons (Fsp3) is 0.0476. The highest BCUT2D eigenvalue weighted by Crippen LogP contribution is 2.20. The van der Waals surface area contributed by atoms with Crippen LogP contribution in [-0.2, 0) is 6.54 Å². The van der Waals surface area contributed by atoms with Crippen molar-refractivity contribution in [3.63, 3.8) is 0 Å². The lowest BCUT2D eigenvalue weighted by molar-refractivity contribution is 0.102. The van der Waals surface area contributed by atoms with Crippen LogP contribution in [0, 0.1) is 5.82 Å². The summed E-state index contributed by atoms with van der Waals surface area (Å²) in [5, 5.41) is 9.49. The van der Waals surface area contributed by atoms with E-state index < -0.39 is 0 Å². The lowest BCUT2D eigenvalue weighted by Crippen LogP contribution is -2.11. The van der Waals surface area contributed by atoms with Gasteiger partial charge >= 0.3 is 0 Å². The van der Waals surface area contributed by atoms with Gasteiger partial charge < -0.3 is 5.32 Å². The summed E-state index contributed by atoms with van der Waals surface area (Å²) >= 11 is 6.05. The van der Waals surface area contributed by atoms with Gasteiger partial charge in [0.25, 0.3) is 5.91 Å². The van der Waals surface area contributed by atoms with Gasteiger partial charge in [-0.15, -0.1) is 0 Å². The number of fused-ring (bicyclic) bond motifs is 1. The molecule has 0 radical (unpaired) electrons. The van der Waals surface area contributed by atoms with Crippen molar-refractivity contribution >= 4 is 34.0 Å². The molecule has 4 aromatic rings. The number of carbonyl (C=O) groups is 1. The maximum absolute atomic E-state index is 13.1. The quantitative estimate of drug-likeness (QED) is 0.534. The molecule has 0 saturated heterocycles. The van der Waals surface area contributed by atoms with Crippen LogP contribution in [0.2, 0.25) is 5.02 Å². The van der Waals surface area contributed by atoms with E-state index in [1.54, 1.807) is 29.2 Å². The van der Waals surface area contributed by atoms with Gasteiger partial charge in [-0.3, -0.25) is 9.48 Å². The lowest BCUT2D eigenvalue weighted by Gasteiger charge is -2.05. The molecule has 4 rings (SSSR count). The number of halogens is 2. The van der Waals surface area contributed by atoms with Gasteiger partial charge in [0.2, 0.25) is 0 Å². The molecule has 0 bridgehead atoms. The van der Waals surface area contributed by atoms with Crippen molar-refractivity contribution in [1.82, 2.24) is 9.78 Å². The molecule has 0 atom stereocenters. The molecule has 0 saturated carbocycles. The fourth-order valence-corrected chi connectivity index (χ4v) is 3.10. The summed E-state index contributed by atoms with van der Waals surface area (Å²) in [7, 11) is 0. The first-order chi connectivity index (χ1) is 13.1. The lowest BCUT2D eigenvalue weighted by atomic mass is 10.1. The van der Waals surface area contributed by atoms with E-state index >= 15 is 0 Å². The second-order valence-corrected chi connectivity index (χ2v) is 6.59. The molecule has 1 aromatic heterocycles. The number of hydrogen-bond donors (Lipinski definition) is 1. The van der Waals surface area contributed by atoms with Crippen LogP contribution in [-0.4, -0.2) is 15.7 Å². The van der Waals surface area contributed by atoms with Crippen LogP contribution in [0.25, 0.3) is 10.8 Å². The number of aromatic nitrogens is 2. The fourth-order valence-electron chi connectivity index (χ4n) is 2.87. The zero-order valence-electron chi connectivity index (χ0n) is 14.2. The van der Waals surface area contributed by atoms with Crippen LogP contribution in [0.15, 0.2) is 73.1 Å². The van der Waals surface area contributed by atoms with Gasteiger partial charge in [0.05, 0.1) is 18.4 Å². The number of anilines is 1. The predicted molar refractivity (Wildman–Crippen MR) is 105 cm³/mol. The summed E-state index contributed by atoms with van der Waals surface area (Å²) in [5.74, 6) is -0.590. The first-order valence-corrected chi connectivity index (χ1v) is 8.73. The monoisotopic (exact) mass is 379 g/mol. The van der Waals surface area contributed by atoms with Crippen molar-refractivity contribution in [1.29, 1.82) is 0 Å². The maximum Gasteiger partial charge on any atom is 0.255 e. The summed E-state index contributed by atoms with van der Waals surface area (Å²) in [6, 6.07) is 17.7. The SMILES string of the molecule is O=C(Nc1cnn(Cc2ccc(F)cc2Cl)c1)c1ccc2ccccc2c1. The van der Waals surface area contributed by atoms with Crippen LogP contribution >= 0.6 is 11.6 Å². The average Bonchev–Trinajstić information content (AvgIpc) is 3.10. The molecule has 1 N–H and O–H groups in total. The van der Waals surface area contributed by atoms with Gasteiger partial charge in [0.1, 0.15) is 5.82 Å². The van der Waals surface area contributed by atoms with Gasteiger partial charge in [-0.2, -0.15) is 5.10 Å². The highest BCUT2D eigenvalue weighted by molar-refractivity contribution is 6.31. The van der Waals surface area contributed by atoms with Gasteiger partial charge in [-0.05, 0) is 40.6 Å².